The number of thiophene rings is 1. The van der Waals surface area contributed by atoms with Crippen LogP contribution in [0.15, 0.2) is 23.6 Å². The smallest absolute Gasteiger partial charge is 0.132 e. The molecule has 1 aromatic heterocycles. The van der Waals surface area contributed by atoms with E-state index in [9.17, 15) is 4.39 Å². The van der Waals surface area contributed by atoms with Gasteiger partial charge in [-0.1, -0.05) is 13.0 Å². The van der Waals surface area contributed by atoms with Crippen molar-refractivity contribution < 1.29 is 4.39 Å². The molecule has 0 aliphatic heterocycles. The molecule has 14 heavy (non-hydrogen) atoms. The van der Waals surface area contributed by atoms with Crippen molar-refractivity contribution >= 4 is 21.4 Å². The molecule has 74 valence electrons. The minimum atomic E-state index is -0.140. The lowest BCUT2D eigenvalue weighted by molar-refractivity contribution is 0.637. The predicted octanol–water partition coefficient (Wildman–Crippen LogP) is 3.10. The van der Waals surface area contributed by atoms with Crippen LogP contribution in [0.25, 0.3) is 10.1 Å². The van der Waals surface area contributed by atoms with Crippen LogP contribution in [0.2, 0.25) is 0 Å². The minimum Gasteiger partial charge on any atom is -0.330 e. The van der Waals surface area contributed by atoms with Gasteiger partial charge in [0.1, 0.15) is 5.82 Å². The van der Waals surface area contributed by atoms with Crippen molar-refractivity contribution in [3.63, 3.8) is 0 Å². The molecule has 1 heterocycles. The number of fused-ring (bicyclic) bond motifs is 1. The van der Waals surface area contributed by atoms with Crippen LogP contribution in [0, 0.1) is 5.82 Å². The molecule has 0 saturated carbocycles. The lowest BCUT2D eigenvalue weighted by Crippen LogP contribution is -2.08. The van der Waals surface area contributed by atoms with Gasteiger partial charge in [-0.2, -0.15) is 0 Å². The van der Waals surface area contributed by atoms with E-state index in [1.165, 1.54) is 6.07 Å². The average molecular weight is 209 g/mol. The van der Waals surface area contributed by atoms with E-state index in [1.54, 1.807) is 17.4 Å². The van der Waals surface area contributed by atoms with E-state index in [0.717, 1.165) is 15.6 Å². The molecule has 1 aromatic carbocycles. The van der Waals surface area contributed by atoms with Gasteiger partial charge >= 0.3 is 0 Å². The summed E-state index contributed by atoms with van der Waals surface area (Å²) in [4.78, 5) is 0. The summed E-state index contributed by atoms with van der Waals surface area (Å²) in [5, 5.41) is 2.75. The Hall–Kier alpha value is -0.930. The normalized spacial score (nSPS) is 13.4. The topological polar surface area (TPSA) is 26.0 Å². The van der Waals surface area contributed by atoms with E-state index in [4.69, 9.17) is 5.73 Å². The summed E-state index contributed by atoms with van der Waals surface area (Å²) in [7, 11) is 0. The van der Waals surface area contributed by atoms with E-state index in [0.29, 0.717) is 6.54 Å². The molecular weight excluding hydrogens is 197 g/mol. The maximum Gasteiger partial charge on any atom is 0.132 e. The molecule has 0 aliphatic rings. The zero-order valence-corrected chi connectivity index (χ0v) is 8.77. The first-order chi connectivity index (χ1) is 6.74. The van der Waals surface area contributed by atoms with Gasteiger partial charge in [0, 0.05) is 10.1 Å². The van der Waals surface area contributed by atoms with Crippen LogP contribution in [0.1, 0.15) is 18.4 Å². The molecule has 2 rings (SSSR count). The van der Waals surface area contributed by atoms with Crippen molar-refractivity contribution in [2.24, 2.45) is 5.73 Å². The van der Waals surface area contributed by atoms with Gasteiger partial charge in [-0.25, -0.2) is 4.39 Å². The molecule has 0 radical (unpaired) electrons. The van der Waals surface area contributed by atoms with Crippen molar-refractivity contribution in [3.05, 3.63) is 35.0 Å². The second kappa shape index (κ2) is 3.67. The molecule has 2 aromatic rings. The summed E-state index contributed by atoms with van der Waals surface area (Å²) < 4.78 is 14.5. The quantitative estimate of drug-likeness (QED) is 0.808. The number of rotatable bonds is 2. The van der Waals surface area contributed by atoms with Gasteiger partial charge in [-0.3, -0.25) is 0 Å². The molecule has 0 aliphatic carbocycles. The highest BCUT2D eigenvalue weighted by Crippen LogP contribution is 2.32. The summed E-state index contributed by atoms with van der Waals surface area (Å²) >= 11 is 1.58. The predicted molar refractivity (Wildman–Crippen MR) is 59.3 cm³/mol. The Kier molecular flexibility index (Phi) is 2.52. The van der Waals surface area contributed by atoms with Gasteiger partial charge < -0.3 is 5.73 Å². The van der Waals surface area contributed by atoms with Crippen LogP contribution in [0.3, 0.4) is 0 Å². The molecule has 2 N–H and O–H groups in total. The molecule has 3 heteroatoms. The molecule has 0 amide bonds. The number of halogens is 1. The van der Waals surface area contributed by atoms with Gasteiger partial charge in [-0.15, -0.1) is 11.3 Å². The molecule has 0 saturated heterocycles. The third-order valence-electron chi connectivity index (χ3n) is 2.46. The zero-order valence-electron chi connectivity index (χ0n) is 7.96. The van der Waals surface area contributed by atoms with Crippen molar-refractivity contribution in [1.29, 1.82) is 0 Å². The summed E-state index contributed by atoms with van der Waals surface area (Å²) in [6, 6.07) is 5.18. The minimum absolute atomic E-state index is 0.140. The highest BCUT2D eigenvalue weighted by atomic mass is 32.1. The van der Waals surface area contributed by atoms with Crippen LogP contribution in [0.4, 0.5) is 4.39 Å². The highest BCUT2D eigenvalue weighted by Gasteiger charge is 2.12. The second-order valence-electron chi connectivity index (χ2n) is 3.44. The number of hydrogen-bond donors (Lipinski definition) is 1. The van der Waals surface area contributed by atoms with Crippen molar-refractivity contribution in [2.45, 2.75) is 12.8 Å². The highest BCUT2D eigenvalue weighted by molar-refractivity contribution is 7.17. The van der Waals surface area contributed by atoms with Gasteiger partial charge in [0.2, 0.25) is 0 Å². The monoisotopic (exact) mass is 209 g/mol. The SMILES string of the molecule is CC(CN)c1csc2cccc(F)c12. The van der Waals surface area contributed by atoms with Gasteiger partial charge in [0.05, 0.1) is 0 Å². The Morgan fingerprint density at radius 1 is 1.50 bits per heavy atom. The van der Waals surface area contributed by atoms with Crippen LogP contribution in [0.5, 0.6) is 0 Å². The zero-order chi connectivity index (χ0) is 10.1. The van der Waals surface area contributed by atoms with E-state index in [2.05, 4.69) is 0 Å². The molecule has 1 nitrogen and oxygen atoms in total. The third kappa shape index (κ3) is 1.42. The fourth-order valence-electron chi connectivity index (χ4n) is 1.56. The van der Waals surface area contributed by atoms with E-state index >= 15 is 0 Å². The fourth-order valence-corrected chi connectivity index (χ4v) is 2.65. The molecule has 0 spiro atoms. The Morgan fingerprint density at radius 2 is 2.29 bits per heavy atom. The summed E-state index contributed by atoms with van der Waals surface area (Å²) in [5.74, 6) is 0.0831. The molecule has 0 fully saturated rings. The number of nitrogens with two attached hydrogens (primary N) is 1. The molecule has 1 atom stereocenters. The summed E-state index contributed by atoms with van der Waals surface area (Å²) in [5.41, 5.74) is 6.62. The first-order valence-electron chi connectivity index (χ1n) is 4.59. The third-order valence-corrected chi connectivity index (χ3v) is 3.43. The Labute approximate surface area is 86.4 Å². The van der Waals surface area contributed by atoms with E-state index in [1.807, 2.05) is 18.4 Å². The largest absolute Gasteiger partial charge is 0.330 e. The first kappa shape index (κ1) is 9.62. The lowest BCUT2D eigenvalue weighted by Gasteiger charge is -2.06. The number of benzene rings is 1. The Morgan fingerprint density at radius 3 is 3.00 bits per heavy atom. The summed E-state index contributed by atoms with van der Waals surface area (Å²) in [6.07, 6.45) is 0. The lowest BCUT2D eigenvalue weighted by atomic mass is 10.0. The molecule has 0 bridgehead atoms. The van der Waals surface area contributed by atoms with E-state index < -0.39 is 0 Å². The average Bonchev–Trinajstić information content (AvgIpc) is 2.62. The van der Waals surface area contributed by atoms with Gasteiger partial charge in [-0.05, 0) is 35.5 Å². The second-order valence-corrected chi connectivity index (χ2v) is 4.35. The summed E-state index contributed by atoms with van der Waals surface area (Å²) in [6.45, 7) is 2.58. The van der Waals surface area contributed by atoms with Crippen molar-refractivity contribution in [1.82, 2.24) is 0 Å². The van der Waals surface area contributed by atoms with Crippen LogP contribution in [-0.4, -0.2) is 6.54 Å². The molecule has 1 unspecified atom stereocenters. The van der Waals surface area contributed by atoms with E-state index in [-0.39, 0.29) is 11.7 Å². The van der Waals surface area contributed by atoms with Crippen molar-refractivity contribution in [3.8, 4) is 0 Å². The van der Waals surface area contributed by atoms with Gasteiger partial charge in [0.25, 0.3) is 0 Å². The fraction of sp³-hybridized carbons (Fsp3) is 0.273. The first-order valence-corrected chi connectivity index (χ1v) is 5.47. The van der Waals surface area contributed by atoms with Crippen LogP contribution in [-0.2, 0) is 0 Å². The van der Waals surface area contributed by atoms with Gasteiger partial charge in [0.15, 0.2) is 0 Å². The maximum atomic E-state index is 13.5. The standard InChI is InChI=1S/C11H12FNS/c1-7(5-13)8-6-14-10-4-2-3-9(12)11(8)10/h2-4,6-7H,5,13H2,1H3. The Bertz CT molecular complexity index is 449. The molecular formula is C11H12FNS. The van der Waals surface area contributed by atoms with Crippen LogP contribution < -0.4 is 5.73 Å². The Balaban J connectivity index is 2.67. The van der Waals surface area contributed by atoms with Crippen molar-refractivity contribution in [2.75, 3.05) is 6.54 Å². The van der Waals surface area contributed by atoms with Crippen LogP contribution >= 0.6 is 11.3 Å². The number of hydrogen-bond acceptors (Lipinski definition) is 2. The maximum absolute atomic E-state index is 13.5.